The molecule has 10 heteroatoms. The van der Waals surface area contributed by atoms with Gasteiger partial charge in [0.2, 0.25) is 0 Å². The molecule has 0 aliphatic heterocycles. The van der Waals surface area contributed by atoms with Crippen molar-refractivity contribution in [3.8, 4) is 11.5 Å². The van der Waals surface area contributed by atoms with Crippen LogP contribution < -0.4 is 14.8 Å². The number of methoxy groups -OCH3 is 1. The molecule has 1 N–H and O–H groups in total. The molecule has 1 aromatic heterocycles. The lowest BCUT2D eigenvalue weighted by Crippen LogP contribution is -2.20. The van der Waals surface area contributed by atoms with Crippen LogP contribution in [0.5, 0.6) is 11.5 Å². The number of rotatable bonds is 8. The van der Waals surface area contributed by atoms with Gasteiger partial charge < -0.3 is 14.8 Å². The van der Waals surface area contributed by atoms with Crippen LogP contribution in [0.25, 0.3) is 22.4 Å². The fourth-order valence-electron chi connectivity index (χ4n) is 3.09. The van der Waals surface area contributed by atoms with Crippen molar-refractivity contribution >= 4 is 62.6 Å². The number of ether oxygens (including phenoxy) is 2. The van der Waals surface area contributed by atoms with Crippen molar-refractivity contribution in [3.63, 3.8) is 0 Å². The third-order valence-corrected chi connectivity index (χ3v) is 6.04. The van der Waals surface area contributed by atoms with Crippen LogP contribution in [0.15, 0.2) is 60.7 Å². The fourth-order valence-corrected chi connectivity index (χ4v) is 4.12. The van der Waals surface area contributed by atoms with E-state index in [-0.39, 0.29) is 18.2 Å². The highest BCUT2D eigenvalue weighted by Crippen LogP contribution is 2.30. The van der Waals surface area contributed by atoms with Gasteiger partial charge in [-0.05, 0) is 42.0 Å². The SMILES string of the molecule is COc1cc(/C=C/c2nc3cc([N+](=O)[O-])ccc3s2)ccc1OCC(=O)Nc1ccccc1Cl. The molecule has 0 saturated carbocycles. The lowest BCUT2D eigenvalue weighted by Gasteiger charge is -2.12. The Balaban J connectivity index is 1.43. The highest BCUT2D eigenvalue weighted by molar-refractivity contribution is 7.19. The highest BCUT2D eigenvalue weighted by Gasteiger charge is 2.11. The van der Waals surface area contributed by atoms with E-state index in [9.17, 15) is 14.9 Å². The summed E-state index contributed by atoms with van der Waals surface area (Å²) >= 11 is 7.49. The number of thiazole rings is 1. The van der Waals surface area contributed by atoms with Crippen LogP contribution in [0.2, 0.25) is 5.02 Å². The van der Waals surface area contributed by atoms with Crippen molar-refractivity contribution in [2.45, 2.75) is 0 Å². The van der Waals surface area contributed by atoms with Crippen LogP contribution in [-0.2, 0) is 4.79 Å². The largest absolute Gasteiger partial charge is 0.493 e. The molecule has 4 rings (SSSR count). The molecule has 0 aliphatic rings. The van der Waals surface area contributed by atoms with Crippen molar-refractivity contribution < 1.29 is 19.2 Å². The van der Waals surface area contributed by atoms with Crippen molar-refractivity contribution in [2.24, 2.45) is 0 Å². The molecule has 0 radical (unpaired) electrons. The first kappa shape index (κ1) is 23.2. The lowest BCUT2D eigenvalue weighted by atomic mass is 10.2. The van der Waals surface area contributed by atoms with E-state index in [0.29, 0.717) is 32.7 Å². The minimum absolute atomic E-state index is 0.00852. The first-order valence-corrected chi connectivity index (χ1v) is 11.2. The number of halogens is 1. The van der Waals surface area contributed by atoms with Crippen LogP contribution in [-0.4, -0.2) is 29.5 Å². The van der Waals surface area contributed by atoms with Crippen molar-refractivity contribution in [1.29, 1.82) is 0 Å². The molecule has 34 heavy (non-hydrogen) atoms. The molecule has 0 spiro atoms. The average molecular weight is 496 g/mol. The Kier molecular flexibility index (Phi) is 7.05. The molecular weight excluding hydrogens is 478 g/mol. The number of fused-ring (bicyclic) bond motifs is 1. The maximum absolute atomic E-state index is 12.2. The lowest BCUT2D eigenvalue weighted by molar-refractivity contribution is -0.384. The Morgan fingerprint density at radius 2 is 1.97 bits per heavy atom. The van der Waals surface area contributed by atoms with Crippen molar-refractivity contribution in [2.75, 3.05) is 19.0 Å². The number of anilines is 1. The van der Waals surface area contributed by atoms with Gasteiger partial charge in [0.1, 0.15) is 5.01 Å². The van der Waals surface area contributed by atoms with Gasteiger partial charge in [0.05, 0.1) is 33.0 Å². The summed E-state index contributed by atoms with van der Waals surface area (Å²) in [5.74, 6) is 0.532. The first-order valence-electron chi connectivity index (χ1n) is 10.0. The van der Waals surface area contributed by atoms with Gasteiger partial charge >= 0.3 is 0 Å². The molecule has 172 valence electrons. The molecule has 0 unspecified atom stereocenters. The second-order valence-corrected chi connectivity index (χ2v) is 8.49. The molecule has 0 bridgehead atoms. The number of amides is 1. The van der Waals surface area contributed by atoms with Crippen LogP contribution in [0.1, 0.15) is 10.6 Å². The zero-order valence-electron chi connectivity index (χ0n) is 17.9. The molecular formula is C24H18ClN3O5S. The Labute approximate surface area is 203 Å². The van der Waals surface area contributed by atoms with E-state index >= 15 is 0 Å². The topological polar surface area (TPSA) is 104 Å². The fraction of sp³-hybridized carbons (Fsp3) is 0.0833. The molecule has 3 aromatic carbocycles. The van der Waals surface area contributed by atoms with E-state index in [1.165, 1.54) is 30.6 Å². The number of carbonyl (C=O) groups excluding carboxylic acids is 1. The number of nitrogens with zero attached hydrogens (tertiary/aromatic N) is 2. The van der Waals surface area contributed by atoms with Gasteiger partial charge in [0, 0.05) is 12.1 Å². The summed E-state index contributed by atoms with van der Waals surface area (Å²) in [6.45, 7) is -0.214. The minimum atomic E-state index is -0.440. The van der Waals surface area contributed by atoms with Gasteiger partial charge in [-0.3, -0.25) is 14.9 Å². The number of benzene rings is 3. The van der Waals surface area contributed by atoms with Gasteiger partial charge in [-0.15, -0.1) is 11.3 Å². The Morgan fingerprint density at radius 1 is 1.15 bits per heavy atom. The molecule has 8 nitrogen and oxygen atoms in total. The van der Waals surface area contributed by atoms with E-state index in [0.717, 1.165) is 10.3 Å². The zero-order valence-corrected chi connectivity index (χ0v) is 19.4. The summed E-state index contributed by atoms with van der Waals surface area (Å²) in [6.07, 6.45) is 3.67. The number of non-ortho nitro benzene ring substituents is 1. The van der Waals surface area contributed by atoms with E-state index in [2.05, 4.69) is 10.3 Å². The smallest absolute Gasteiger partial charge is 0.271 e. The van der Waals surface area contributed by atoms with Crippen LogP contribution in [0.3, 0.4) is 0 Å². The number of nitro benzene ring substituents is 1. The molecule has 1 amide bonds. The molecule has 1 heterocycles. The second-order valence-electron chi connectivity index (χ2n) is 7.02. The van der Waals surface area contributed by atoms with Crippen LogP contribution in [0.4, 0.5) is 11.4 Å². The molecule has 0 atom stereocenters. The summed E-state index contributed by atoms with van der Waals surface area (Å²) in [5, 5.41) is 14.8. The Bertz CT molecular complexity index is 1400. The maximum Gasteiger partial charge on any atom is 0.271 e. The maximum atomic E-state index is 12.2. The van der Waals surface area contributed by atoms with Crippen molar-refractivity contribution in [1.82, 2.24) is 4.98 Å². The number of hydrogen-bond acceptors (Lipinski definition) is 7. The first-order chi connectivity index (χ1) is 16.4. The summed E-state index contributed by atoms with van der Waals surface area (Å²) < 4.78 is 11.9. The van der Waals surface area contributed by atoms with Gasteiger partial charge in [-0.2, -0.15) is 0 Å². The third kappa shape index (κ3) is 5.51. The predicted octanol–water partition coefficient (Wildman–Crippen LogP) is 6.05. The summed E-state index contributed by atoms with van der Waals surface area (Å²) in [5.41, 5.74) is 1.93. The Hall–Kier alpha value is -3.95. The number of para-hydroxylation sites is 1. The van der Waals surface area contributed by atoms with E-state index in [1.54, 1.807) is 42.5 Å². The van der Waals surface area contributed by atoms with Crippen LogP contribution in [0, 0.1) is 10.1 Å². The van der Waals surface area contributed by atoms with Gasteiger partial charge in [0.25, 0.3) is 11.6 Å². The quantitative estimate of drug-likeness (QED) is 0.235. The van der Waals surface area contributed by atoms with Crippen LogP contribution >= 0.6 is 22.9 Å². The van der Waals surface area contributed by atoms with E-state index in [1.807, 2.05) is 18.2 Å². The molecule has 4 aromatic rings. The monoisotopic (exact) mass is 495 g/mol. The Morgan fingerprint density at radius 3 is 2.74 bits per heavy atom. The predicted molar refractivity (Wildman–Crippen MR) is 134 cm³/mol. The summed E-state index contributed by atoms with van der Waals surface area (Å²) in [7, 11) is 1.51. The summed E-state index contributed by atoms with van der Waals surface area (Å²) in [4.78, 5) is 27.2. The molecule has 0 fully saturated rings. The number of hydrogen-bond donors (Lipinski definition) is 1. The normalized spacial score (nSPS) is 11.0. The standard InChI is InChI=1S/C24H18ClN3O5S/c1-32-21-12-15(7-11-24-27-19-13-16(28(30)31)8-10-22(19)34-24)6-9-20(21)33-14-23(29)26-18-5-3-2-4-17(18)25/h2-13H,14H2,1H3,(H,26,29)/b11-7+. The molecule has 0 aliphatic carbocycles. The number of nitrogens with one attached hydrogen (secondary N) is 1. The van der Waals surface area contributed by atoms with E-state index < -0.39 is 4.92 Å². The minimum Gasteiger partial charge on any atom is -0.493 e. The number of carbonyl (C=O) groups is 1. The highest BCUT2D eigenvalue weighted by atomic mass is 35.5. The summed E-state index contributed by atoms with van der Waals surface area (Å²) in [6, 6.07) is 16.9. The average Bonchev–Trinajstić information content (AvgIpc) is 3.25. The third-order valence-electron chi connectivity index (χ3n) is 4.71. The van der Waals surface area contributed by atoms with E-state index in [4.69, 9.17) is 21.1 Å². The van der Waals surface area contributed by atoms with Gasteiger partial charge in [-0.1, -0.05) is 35.9 Å². The second kappa shape index (κ2) is 10.3. The van der Waals surface area contributed by atoms with Gasteiger partial charge in [-0.25, -0.2) is 4.98 Å². The zero-order chi connectivity index (χ0) is 24.1. The molecule has 0 saturated heterocycles. The number of nitro groups is 1. The van der Waals surface area contributed by atoms with Gasteiger partial charge in [0.15, 0.2) is 18.1 Å². The number of aromatic nitrogens is 1. The van der Waals surface area contributed by atoms with Crippen molar-refractivity contribution in [3.05, 3.63) is 86.4 Å².